The van der Waals surface area contributed by atoms with Crippen molar-refractivity contribution in [3.63, 3.8) is 0 Å². The van der Waals surface area contributed by atoms with Gasteiger partial charge in [0.05, 0.1) is 12.5 Å². The second-order valence-corrected chi connectivity index (χ2v) is 3.36. The van der Waals surface area contributed by atoms with Crippen LogP contribution in [0.1, 0.15) is 25.7 Å². The lowest BCUT2D eigenvalue weighted by Crippen LogP contribution is -2.33. The summed E-state index contributed by atoms with van der Waals surface area (Å²) in [4.78, 5) is 21.3. The second kappa shape index (κ2) is 5.59. The Morgan fingerprint density at radius 2 is 2.21 bits per heavy atom. The molecule has 1 aliphatic heterocycles. The van der Waals surface area contributed by atoms with Crippen LogP contribution in [-0.2, 0) is 14.3 Å². The quantitative estimate of drug-likeness (QED) is 0.678. The van der Waals surface area contributed by atoms with Gasteiger partial charge in [0.2, 0.25) is 5.91 Å². The van der Waals surface area contributed by atoms with E-state index >= 15 is 0 Å². The van der Waals surface area contributed by atoms with E-state index in [0.717, 1.165) is 19.3 Å². The molecule has 1 atom stereocenters. The molecular formula is C9H15NO4. The van der Waals surface area contributed by atoms with Crippen LogP contribution in [0.4, 0.5) is 0 Å². The topological polar surface area (TPSA) is 75.6 Å². The van der Waals surface area contributed by atoms with Crippen molar-refractivity contribution in [2.24, 2.45) is 0 Å². The van der Waals surface area contributed by atoms with E-state index in [4.69, 9.17) is 9.84 Å². The molecule has 0 aromatic heterocycles. The van der Waals surface area contributed by atoms with Gasteiger partial charge in [0.1, 0.15) is 6.54 Å². The van der Waals surface area contributed by atoms with Gasteiger partial charge in [0.25, 0.3) is 0 Å². The van der Waals surface area contributed by atoms with Gasteiger partial charge in [-0.05, 0) is 19.3 Å². The first kappa shape index (κ1) is 11.0. The summed E-state index contributed by atoms with van der Waals surface area (Å²) >= 11 is 0. The van der Waals surface area contributed by atoms with Crippen molar-refractivity contribution >= 4 is 11.9 Å². The summed E-state index contributed by atoms with van der Waals surface area (Å²) in [5.41, 5.74) is 0. The zero-order valence-corrected chi connectivity index (χ0v) is 7.99. The predicted molar refractivity (Wildman–Crippen MR) is 48.9 cm³/mol. The molecule has 1 unspecified atom stereocenters. The highest BCUT2D eigenvalue weighted by atomic mass is 16.5. The Labute approximate surface area is 82.4 Å². The van der Waals surface area contributed by atoms with Gasteiger partial charge in [-0.3, -0.25) is 9.59 Å². The van der Waals surface area contributed by atoms with Crippen LogP contribution in [0.2, 0.25) is 0 Å². The van der Waals surface area contributed by atoms with Crippen molar-refractivity contribution in [2.75, 3.05) is 13.2 Å². The SMILES string of the molecule is O=C(O)CNC(=O)CC1CCCCO1. The fourth-order valence-electron chi connectivity index (χ4n) is 1.42. The molecule has 0 saturated carbocycles. The minimum Gasteiger partial charge on any atom is -0.480 e. The standard InChI is InChI=1S/C9H15NO4/c11-8(10-6-9(12)13)5-7-3-1-2-4-14-7/h7H,1-6H2,(H,10,11)(H,12,13). The van der Waals surface area contributed by atoms with Crippen LogP contribution in [-0.4, -0.2) is 36.2 Å². The second-order valence-electron chi connectivity index (χ2n) is 3.36. The zero-order valence-electron chi connectivity index (χ0n) is 7.99. The largest absolute Gasteiger partial charge is 0.480 e. The Balaban J connectivity index is 2.15. The highest BCUT2D eigenvalue weighted by molar-refractivity contribution is 5.81. The number of ether oxygens (including phenoxy) is 1. The van der Waals surface area contributed by atoms with Crippen molar-refractivity contribution in [3.05, 3.63) is 0 Å². The third-order valence-electron chi connectivity index (χ3n) is 2.12. The number of carbonyl (C=O) groups excluding carboxylic acids is 1. The summed E-state index contributed by atoms with van der Waals surface area (Å²) in [5, 5.41) is 10.6. The number of hydrogen-bond donors (Lipinski definition) is 2. The number of rotatable bonds is 4. The number of carboxylic acids is 1. The maximum atomic E-state index is 11.2. The van der Waals surface area contributed by atoms with Crippen LogP contribution in [0.5, 0.6) is 0 Å². The first-order valence-corrected chi connectivity index (χ1v) is 4.78. The molecule has 1 aliphatic rings. The van der Waals surface area contributed by atoms with Gasteiger partial charge in [-0.15, -0.1) is 0 Å². The minimum atomic E-state index is -1.03. The lowest BCUT2D eigenvalue weighted by molar-refractivity contribution is -0.138. The Bertz CT molecular complexity index is 211. The Morgan fingerprint density at radius 1 is 1.43 bits per heavy atom. The number of carbonyl (C=O) groups is 2. The summed E-state index contributed by atoms with van der Waals surface area (Å²) in [6.45, 7) is 0.391. The maximum Gasteiger partial charge on any atom is 0.322 e. The van der Waals surface area contributed by atoms with E-state index in [9.17, 15) is 9.59 Å². The Kier molecular flexibility index (Phi) is 4.39. The van der Waals surface area contributed by atoms with E-state index in [1.807, 2.05) is 0 Å². The third kappa shape index (κ3) is 4.23. The van der Waals surface area contributed by atoms with Crippen LogP contribution in [0.15, 0.2) is 0 Å². The van der Waals surface area contributed by atoms with Crippen LogP contribution < -0.4 is 5.32 Å². The number of amides is 1. The van der Waals surface area contributed by atoms with Crippen LogP contribution in [0, 0.1) is 0 Å². The molecule has 1 heterocycles. The van der Waals surface area contributed by atoms with Crippen molar-refractivity contribution in [1.29, 1.82) is 0 Å². The molecule has 0 radical (unpaired) electrons. The summed E-state index contributed by atoms with van der Waals surface area (Å²) in [6, 6.07) is 0. The number of carboxylic acid groups (broad SMARTS) is 1. The lowest BCUT2D eigenvalue weighted by Gasteiger charge is -2.21. The molecule has 0 aromatic rings. The lowest BCUT2D eigenvalue weighted by atomic mass is 10.1. The average molecular weight is 201 g/mol. The van der Waals surface area contributed by atoms with Crippen LogP contribution in [0.3, 0.4) is 0 Å². The van der Waals surface area contributed by atoms with Crippen LogP contribution >= 0.6 is 0 Å². The maximum absolute atomic E-state index is 11.2. The highest BCUT2D eigenvalue weighted by Crippen LogP contribution is 2.15. The predicted octanol–water partition coefficient (Wildman–Crippen LogP) is 0.146. The van der Waals surface area contributed by atoms with E-state index in [1.165, 1.54) is 0 Å². The molecule has 0 aliphatic carbocycles. The molecule has 0 bridgehead atoms. The van der Waals surface area contributed by atoms with Crippen molar-refractivity contribution in [2.45, 2.75) is 31.8 Å². The first-order valence-electron chi connectivity index (χ1n) is 4.78. The minimum absolute atomic E-state index is 0.0301. The van der Waals surface area contributed by atoms with Gasteiger partial charge in [-0.1, -0.05) is 0 Å². The molecule has 1 saturated heterocycles. The number of nitrogens with one attached hydrogen (secondary N) is 1. The third-order valence-corrected chi connectivity index (χ3v) is 2.12. The molecule has 14 heavy (non-hydrogen) atoms. The van der Waals surface area contributed by atoms with Crippen LogP contribution in [0.25, 0.3) is 0 Å². The van der Waals surface area contributed by atoms with E-state index < -0.39 is 5.97 Å². The summed E-state index contributed by atoms with van der Waals surface area (Å²) in [5.74, 6) is -1.28. The van der Waals surface area contributed by atoms with Crippen molar-refractivity contribution in [3.8, 4) is 0 Å². The van der Waals surface area contributed by atoms with Crippen molar-refractivity contribution < 1.29 is 19.4 Å². The van der Waals surface area contributed by atoms with Gasteiger partial charge >= 0.3 is 5.97 Å². The van der Waals surface area contributed by atoms with E-state index in [2.05, 4.69) is 5.32 Å². The summed E-state index contributed by atoms with van der Waals surface area (Å²) in [7, 11) is 0. The summed E-state index contributed by atoms with van der Waals surface area (Å²) in [6.07, 6.45) is 3.26. The Morgan fingerprint density at radius 3 is 2.79 bits per heavy atom. The average Bonchev–Trinajstić information content (AvgIpc) is 2.16. The van der Waals surface area contributed by atoms with Gasteiger partial charge < -0.3 is 15.2 Å². The molecule has 1 rings (SSSR count). The highest BCUT2D eigenvalue weighted by Gasteiger charge is 2.17. The molecule has 5 heteroatoms. The first-order chi connectivity index (χ1) is 6.68. The van der Waals surface area contributed by atoms with E-state index in [0.29, 0.717) is 6.61 Å². The van der Waals surface area contributed by atoms with Gasteiger partial charge in [-0.2, -0.15) is 0 Å². The van der Waals surface area contributed by atoms with Gasteiger partial charge in [0.15, 0.2) is 0 Å². The van der Waals surface area contributed by atoms with Gasteiger partial charge in [0, 0.05) is 6.61 Å². The van der Waals surface area contributed by atoms with E-state index in [-0.39, 0.29) is 25.0 Å². The molecule has 0 aromatic carbocycles. The zero-order chi connectivity index (χ0) is 10.4. The number of hydrogen-bond acceptors (Lipinski definition) is 3. The molecule has 2 N–H and O–H groups in total. The fourth-order valence-corrected chi connectivity index (χ4v) is 1.42. The van der Waals surface area contributed by atoms with Gasteiger partial charge in [-0.25, -0.2) is 0 Å². The molecule has 80 valence electrons. The molecule has 0 spiro atoms. The normalized spacial score (nSPS) is 21.6. The monoisotopic (exact) mass is 201 g/mol. The molecular weight excluding hydrogens is 186 g/mol. The summed E-state index contributed by atoms with van der Waals surface area (Å²) < 4.78 is 5.35. The molecule has 1 amide bonds. The van der Waals surface area contributed by atoms with E-state index in [1.54, 1.807) is 0 Å². The number of aliphatic carboxylic acids is 1. The molecule has 1 fully saturated rings. The molecule has 5 nitrogen and oxygen atoms in total. The Hall–Kier alpha value is -1.10. The fraction of sp³-hybridized carbons (Fsp3) is 0.778. The van der Waals surface area contributed by atoms with Crippen molar-refractivity contribution in [1.82, 2.24) is 5.32 Å². The smallest absolute Gasteiger partial charge is 0.322 e.